The van der Waals surface area contributed by atoms with Crippen molar-refractivity contribution in [1.29, 1.82) is 0 Å². The fraction of sp³-hybridized carbons (Fsp3) is 0.286. The van der Waals surface area contributed by atoms with Crippen LogP contribution in [0.2, 0.25) is 0 Å². The van der Waals surface area contributed by atoms with E-state index in [1.807, 2.05) is 12.4 Å². The molecule has 0 saturated heterocycles. The number of ether oxygens (including phenoxy) is 1. The number of hydrogen-bond donors (Lipinski definition) is 1. The number of hydrogen-bond acceptors (Lipinski definition) is 4. The molecule has 1 heterocycles. The molecule has 0 saturated carbocycles. The number of rotatable bonds is 5. The molecule has 0 aliphatic rings. The van der Waals surface area contributed by atoms with Gasteiger partial charge in [-0.3, -0.25) is 0 Å². The second kappa shape index (κ2) is 5.84. The lowest BCUT2D eigenvalue weighted by Gasteiger charge is -2.10. The zero-order valence-corrected chi connectivity index (χ0v) is 11.7. The van der Waals surface area contributed by atoms with Crippen molar-refractivity contribution in [3.63, 3.8) is 0 Å². The molecule has 4 nitrogen and oxygen atoms in total. The van der Waals surface area contributed by atoms with Gasteiger partial charge in [0.2, 0.25) is 0 Å². The Balaban J connectivity index is 2.02. The molecule has 0 amide bonds. The summed E-state index contributed by atoms with van der Waals surface area (Å²) in [5, 5.41) is 9.04. The van der Waals surface area contributed by atoms with Crippen LogP contribution in [0.15, 0.2) is 23.7 Å². The van der Waals surface area contributed by atoms with E-state index in [9.17, 15) is 4.79 Å². The fourth-order valence-electron chi connectivity index (χ4n) is 1.82. The Kier molecular flexibility index (Phi) is 4.16. The first-order valence-electron chi connectivity index (χ1n) is 5.94. The molecule has 0 bridgehead atoms. The van der Waals surface area contributed by atoms with Crippen LogP contribution in [0, 0.1) is 13.8 Å². The van der Waals surface area contributed by atoms with Crippen molar-refractivity contribution in [2.75, 3.05) is 6.61 Å². The van der Waals surface area contributed by atoms with Crippen LogP contribution in [-0.4, -0.2) is 22.7 Å². The third-order valence-electron chi connectivity index (χ3n) is 2.95. The van der Waals surface area contributed by atoms with Gasteiger partial charge in [-0.05, 0) is 26.0 Å². The van der Waals surface area contributed by atoms with Gasteiger partial charge in [-0.15, -0.1) is 11.3 Å². The standard InChI is InChI=1S/C14H15NO3S/c1-9-11(14(16)17)4-3-5-12(9)18-7-6-13-10(2)15-8-19-13/h3-5,8H,6-7H2,1-2H3,(H,16,17). The predicted octanol–water partition coefficient (Wildman–Crippen LogP) is 3.08. The lowest BCUT2D eigenvalue weighted by molar-refractivity contribution is 0.0695. The molecule has 0 unspecified atom stereocenters. The number of benzene rings is 1. The molecule has 0 radical (unpaired) electrons. The van der Waals surface area contributed by atoms with Crippen LogP contribution < -0.4 is 4.74 Å². The summed E-state index contributed by atoms with van der Waals surface area (Å²) in [6.45, 7) is 4.26. The number of aromatic nitrogens is 1. The Bertz CT molecular complexity index is 592. The second-order valence-electron chi connectivity index (χ2n) is 4.19. The highest BCUT2D eigenvalue weighted by Gasteiger charge is 2.11. The largest absolute Gasteiger partial charge is 0.493 e. The van der Waals surface area contributed by atoms with E-state index < -0.39 is 5.97 Å². The van der Waals surface area contributed by atoms with Gasteiger partial charge in [0.15, 0.2) is 0 Å². The maximum Gasteiger partial charge on any atom is 0.336 e. The molecular weight excluding hydrogens is 262 g/mol. The van der Waals surface area contributed by atoms with Crippen LogP contribution in [0.4, 0.5) is 0 Å². The van der Waals surface area contributed by atoms with E-state index >= 15 is 0 Å². The molecule has 0 aliphatic heterocycles. The smallest absolute Gasteiger partial charge is 0.336 e. The highest BCUT2D eigenvalue weighted by atomic mass is 32.1. The van der Waals surface area contributed by atoms with Gasteiger partial charge in [0, 0.05) is 16.9 Å². The van der Waals surface area contributed by atoms with Crippen molar-refractivity contribution in [2.24, 2.45) is 0 Å². The molecule has 0 aliphatic carbocycles. The molecule has 1 aromatic heterocycles. The Hall–Kier alpha value is -1.88. The summed E-state index contributed by atoms with van der Waals surface area (Å²) in [6.07, 6.45) is 0.785. The average molecular weight is 277 g/mol. The molecule has 0 spiro atoms. The molecular formula is C14H15NO3S. The minimum Gasteiger partial charge on any atom is -0.493 e. The van der Waals surface area contributed by atoms with Gasteiger partial charge in [-0.1, -0.05) is 6.07 Å². The Morgan fingerprint density at radius 3 is 2.84 bits per heavy atom. The first-order valence-corrected chi connectivity index (χ1v) is 6.82. The van der Waals surface area contributed by atoms with Crippen LogP contribution in [-0.2, 0) is 6.42 Å². The number of carbonyl (C=O) groups is 1. The molecule has 2 aromatic rings. The van der Waals surface area contributed by atoms with Crippen LogP contribution in [0.1, 0.15) is 26.5 Å². The third-order valence-corrected chi connectivity index (χ3v) is 3.94. The quantitative estimate of drug-likeness (QED) is 0.912. The molecule has 5 heteroatoms. The van der Waals surface area contributed by atoms with Crippen molar-refractivity contribution in [3.8, 4) is 5.75 Å². The van der Waals surface area contributed by atoms with E-state index in [1.165, 1.54) is 4.88 Å². The van der Waals surface area contributed by atoms with Gasteiger partial charge in [-0.2, -0.15) is 0 Å². The van der Waals surface area contributed by atoms with E-state index in [-0.39, 0.29) is 5.56 Å². The van der Waals surface area contributed by atoms with Crippen molar-refractivity contribution < 1.29 is 14.6 Å². The van der Waals surface area contributed by atoms with Crippen LogP contribution >= 0.6 is 11.3 Å². The molecule has 2 rings (SSSR count). The maximum absolute atomic E-state index is 11.0. The number of aryl methyl sites for hydroxylation is 1. The van der Waals surface area contributed by atoms with Crippen molar-refractivity contribution in [3.05, 3.63) is 45.4 Å². The maximum atomic E-state index is 11.0. The van der Waals surface area contributed by atoms with Gasteiger partial charge in [0.25, 0.3) is 0 Å². The third kappa shape index (κ3) is 3.12. The molecule has 0 atom stereocenters. The minimum absolute atomic E-state index is 0.284. The van der Waals surface area contributed by atoms with Crippen molar-refractivity contribution in [1.82, 2.24) is 4.98 Å². The summed E-state index contributed by atoms with van der Waals surface area (Å²) < 4.78 is 5.67. The number of carboxylic acid groups (broad SMARTS) is 1. The number of nitrogens with zero attached hydrogens (tertiary/aromatic N) is 1. The number of aromatic carboxylic acids is 1. The lowest BCUT2D eigenvalue weighted by atomic mass is 10.1. The highest BCUT2D eigenvalue weighted by Crippen LogP contribution is 2.22. The summed E-state index contributed by atoms with van der Waals surface area (Å²) in [4.78, 5) is 16.4. The minimum atomic E-state index is -0.929. The van der Waals surface area contributed by atoms with E-state index in [0.717, 1.165) is 12.1 Å². The molecule has 1 N–H and O–H groups in total. The highest BCUT2D eigenvalue weighted by molar-refractivity contribution is 7.09. The molecule has 100 valence electrons. The van der Waals surface area contributed by atoms with Gasteiger partial charge in [-0.25, -0.2) is 9.78 Å². The Morgan fingerprint density at radius 1 is 1.42 bits per heavy atom. The van der Waals surface area contributed by atoms with Crippen molar-refractivity contribution in [2.45, 2.75) is 20.3 Å². The van der Waals surface area contributed by atoms with Crippen LogP contribution in [0.3, 0.4) is 0 Å². The van der Waals surface area contributed by atoms with E-state index in [4.69, 9.17) is 9.84 Å². The van der Waals surface area contributed by atoms with E-state index in [1.54, 1.807) is 36.5 Å². The molecule has 19 heavy (non-hydrogen) atoms. The zero-order valence-electron chi connectivity index (χ0n) is 10.8. The van der Waals surface area contributed by atoms with E-state index in [0.29, 0.717) is 17.9 Å². The fourth-order valence-corrected chi connectivity index (χ4v) is 2.58. The summed E-state index contributed by atoms with van der Waals surface area (Å²) in [5.41, 5.74) is 3.80. The average Bonchev–Trinajstić information content (AvgIpc) is 2.77. The van der Waals surface area contributed by atoms with E-state index in [2.05, 4.69) is 4.98 Å². The van der Waals surface area contributed by atoms with Gasteiger partial charge in [0.05, 0.1) is 23.4 Å². The van der Waals surface area contributed by atoms with Crippen LogP contribution in [0.25, 0.3) is 0 Å². The van der Waals surface area contributed by atoms with Crippen LogP contribution in [0.5, 0.6) is 5.75 Å². The summed E-state index contributed by atoms with van der Waals surface area (Å²) >= 11 is 1.61. The summed E-state index contributed by atoms with van der Waals surface area (Å²) in [7, 11) is 0. The molecule has 0 fully saturated rings. The zero-order chi connectivity index (χ0) is 13.8. The normalized spacial score (nSPS) is 10.4. The summed E-state index contributed by atoms with van der Waals surface area (Å²) in [5.74, 6) is -0.302. The number of thiazole rings is 1. The summed E-state index contributed by atoms with van der Waals surface area (Å²) in [6, 6.07) is 5.07. The Labute approximate surface area is 115 Å². The Morgan fingerprint density at radius 2 is 2.21 bits per heavy atom. The van der Waals surface area contributed by atoms with Gasteiger partial charge < -0.3 is 9.84 Å². The topological polar surface area (TPSA) is 59.4 Å². The SMILES string of the molecule is Cc1ncsc1CCOc1cccc(C(=O)O)c1C. The second-order valence-corrected chi connectivity index (χ2v) is 5.13. The first kappa shape index (κ1) is 13.5. The first-order chi connectivity index (χ1) is 9.09. The van der Waals surface area contributed by atoms with Crippen molar-refractivity contribution >= 4 is 17.3 Å². The monoisotopic (exact) mass is 277 g/mol. The predicted molar refractivity (Wildman–Crippen MR) is 74.2 cm³/mol. The molecule has 1 aromatic carbocycles. The van der Waals surface area contributed by atoms with Gasteiger partial charge in [0.1, 0.15) is 5.75 Å². The number of carboxylic acids is 1. The van der Waals surface area contributed by atoms with Gasteiger partial charge >= 0.3 is 5.97 Å². The lowest BCUT2D eigenvalue weighted by Crippen LogP contribution is -2.05.